The summed E-state index contributed by atoms with van der Waals surface area (Å²) in [7, 11) is 0. The van der Waals surface area contributed by atoms with Crippen molar-refractivity contribution in [1.29, 1.82) is 0 Å². The standard InChI is InChI=1S/C16H17BrN4O.HI/c17-13-6-4-5-12(11-13)15(22)19-9-10-20-16(18)21-14-7-2-1-3-8-14;/h1-8,11H,9-10H2,(H,19,22)(H3,18,20,21);1H. The number of nitrogens with two attached hydrogens (primary N) is 1. The van der Waals surface area contributed by atoms with E-state index in [1.807, 2.05) is 42.5 Å². The van der Waals surface area contributed by atoms with Crippen LogP contribution in [0.3, 0.4) is 0 Å². The molecular formula is C16H18BrIN4O. The van der Waals surface area contributed by atoms with Crippen LogP contribution >= 0.6 is 39.9 Å². The van der Waals surface area contributed by atoms with Gasteiger partial charge in [-0.15, -0.1) is 24.0 Å². The van der Waals surface area contributed by atoms with E-state index in [2.05, 4.69) is 31.6 Å². The molecule has 0 fully saturated rings. The molecule has 0 aromatic heterocycles. The molecule has 122 valence electrons. The highest BCUT2D eigenvalue weighted by molar-refractivity contribution is 14.0. The van der Waals surface area contributed by atoms with Gasteiger partial charge in [-0.25, -0.2) is 0 Å². The molecule has 0 radical (unpaired) electrons. The third-order valence-electron chi connectivity index (χ3n) is 2.81. The van der Waals surface area contributed by atoms with Crippen LogP contribution in [0.2, 0.25) is 0 Å². The van der Waals surface area contributed by atoms with E-state index in [0.29, 0.717) is 24.6 Å². The van der Waals surface area contributed by atoms with Gasteiger partial charge >= 0.3 is 0 Å². The van der Waals surface area contributed by atoms with E-state index in [1.54, 1.807) is 12.1 Å². The van der Waals surface area contributed by atoms with Crippen molar-refractivity contribution in [2.45, 2.75) is 0 Å². The molecule has 0 bridgehead atoms. The number of rotatable bonds is 5. The number of guanidine groups is 1. The number of benzene rings is 2. The number of aliphatic imine (C=N–C) groups is 1. The summed E-state index contributed by atoms with van der Waals surface area (Å²) in [5.74, 6) is 0.189. The lowest BCUT2D eigenvalue weighted by Crippen LogP contribution is -2.28. The van der Waals surface area contributed by atoms with Gasteiger partial charge in [-0.1, -0.05) is 40.2 Å². The van der Waals surface area contributed by atoms with E-state index < -0.39 is 0 Å². The van der Waals surface area contributed by atoms with Crippen molar-refractivity contribution in [2.75, 3.05) is 18.4 Å². The van der Waals surface area contributed by atoms with Gasteiger partial charge < -0.3 is 16.4 Å². The number of carbonyl (C=O) groups is 1. The molecule has 0 saturated heterocycles. The van der Waals surface area contributed by atoms with Gasteiger partial charge in [0.25, 0.3) is 5.91 Å². The Morgan fingerprint density at radius 2 is 1.87 bits per heavy atom. The molecule has 5 nitrogen and oxygen atoms in total. The molecule has 0 heterocycles. The van der Waals surface area contributed by atoms with Crippen LogP contribution in [-0.4, -0.2) is 25.0 Å². The van der Waals surface area contributed by atoms with Crippen molar-refractivity contribution in [3.05, 3.63) is 64.6 Å². The molecule has 0 spiro atoms. The summed E-state index contributed by atoms with van der Waals surface area (Å²) in [5.41, 5.74) is 7.26. The Labute approximate surface area is 160 Å². The van der Waals surface area contributed by atoms with Gasteiger partial charge in [0.2, 0.25) is 0 Å². The summed E-state index contributed by atoms with van der Waals surface area (Å²) >= 11 is 3.34. The molecule has 1 amide bonds. The van der Waals surface area contributed by atoms with Gasteiger partial charge in [-0.3, -0.25) is 9.79 Å². The number of halogens is 2. The Kier molecular flexibility index (Phi) is 8.64. The molecule has 4 N–H and O–H groups in total. The number of hydrogen-bond acceptors (Lipinski definition) is 2. The lowest BCUT2D eigenvalue weighted by atomic mass is 10.2. The van der Waals surface area contributed by atoms with E-state index in [0.717, 1.165) is 10.2 Å². The quantitative estimate of drug-likeness (QED) is 0.261. The summed E-state index contributed by atoms with van der Waals surface area (Å²) in [6, 6.07) is 16.8. The topological polar surface area (TPSA) is 79.5 Å². The van der Waals surface area contributed by atoms with Crippen molar-refractivity contribution in [3.63, 3.8) is 0 Å². The number of nitrogens with zero attached hydrogens (tertiary/aromatic N) is 1. The third-order valence-corrected chi connectivity index (χ3v) is 3.31. The molecule has 0 unspecified atom stereocenters. The average molecular weight is 489 g/mol. The maximum Gasteiger partial charge on any atom is 0.251 e. The van der Waals surface area contributed by atoms with Crippen LogP contribution in [-0.2, 0) is 0 Å². The summed E-state index contributed by atoms with van der Waals surface area (Å²) in [6.45, 7) is 0.827. The number of nitrogens with one attached hydrogen (secondary N) is 2. The van der Waals surface area contributed by atoms with Crippen LogP contribution in [0, 0.1) is 0 Å². The zero-order chi connectivity index (χ0) is 15.8. The molecule has 0 aliphatic rings. The molecule has 7 heteroatoms. The van der Waals surface area contributed by atoms with Crippen LogP contribution in [0.15, 0.2) is 64.1 Å². The van der Waals surface area contributed by atoms with Crippen molar-refractivity contribution in [2.24, 2.45) is 10.7 Å². The first-order chi connectivity index (χ1) is 10.6. The third kappa shape index (κ3) is 7.00. The van der Waals surface area contributed by atoms with Gasteiger partial charge in [-0.2, -0.15) is 0 Å². The number of amides is 1. The Morgan fingerprint density at radius 3 is 2.57 bits per heavy atom. The van der Waals surface area contributed by atoms with Crippen LogP contribution in [0.1, 0.15) is 10.4 Å². The van der Waals surface area contributed by atoms with E-state index in [-0.39, 0.29) is 29.9 Å². The number of hydrogen-bond donors (Lipinski definition) is 3. The van der Waals surface area contributed by atoms with Crippen molar-refractivity contribution in [3.8, 4) is 0 Å². The first kappa shape index (κ1) is 19.4. The molecule has 23 heavy (non-hydrogen) atoms. The maximum absolute atomic E-state index is 11.9. The van der Waals surface area contributed by atoms with Crippen LogP contribution in [0.5, 0.6) is 0 Å². The zero-order valence-corrected chi connectivity index (χ0v) is 16.2. The van der Waals surface area contributed by atoms with Gasteiger partial charge in [0, 0.05) is 22.3 Å². The summed E-state index contributed by atoms with van der Waals surface area (Å²) in [6.07, 6.45) is 0. The fraction of sp³-hybridized carbons (Fsp3) is 0.125. The highest BCUT2D eigenvalue weighted by Gasteiger charge is 2.04. The second-order valence-electron chi connectivity index (χ2n) is 4.52. The smallest absolute Gasteiger partial charge is 0.251 e. The second-order valence-corrected chi connectivity index (χ2v) is 5.44. The van der Waals surface area contributed by atoms with Gasteiger partial charge in [-0.05, 0) is 30.3 Å². The molecule has 0 aliphatic heterocycles. The molecular weight excluding hydrogens is 471 g/mol. The molecule has 0 atom stereocenters. The summed E-state index contributed by atoms with van der Waals surface area (Å²) in [5, 5.41) is 5.77. The monoisotopic (exact) mass is 488 g/mol. The minimum Gasteiger partial charge on any atom is -0.370 e. The van der Waals surface area contributed by atoms with Gasteiger partial charge in [0.05, 0.1) is 6.54 Å². The molecule has 2 aromatic carbocycles. The minimum absolute atomic E-state index is 0. The van der Waals surface area contributed by atoms with E-state index in [4.69, 9.17) is 5.73 Å². The van der Waals surface area contributed by atoms with Gasteiger partial charge in [0.15, 0.2) is 5.96 Å². The maximum atomic E-state index is 11.9. The minimum atomic E-state index is -0.133. The van der Waals surface area contributed by atoms with Gasteiger partial charge in [0.1, 0.15) is 0 Å². The van der Waals surface area contributed by atoms with Crippen molar-refractivity contribution < 1.29 is 4.79 Å². The largest absolute Gasteiger partial charge is 0.370 e. The highest BCUT2D eigenvalue weighted by Crippen LogP contribution is 2.11. The van der Waals surface area contributed by atoms with E-state index in [9.17, 15) is 4.79 Å². The molecule has 2 rings (SSSR count). The molecule has 0 aliphatic carbocycles. The summed E-state index contributed by atoms with van der Waals surface area (Å²) in [4.78, 5) is 16.1. The van der Waals surface area contributed by atoms with E-state index >= 15 is 0 Å². The number of para-hydroxylation sites is 1. The number of carbonyl (C=O) groups excluding carboxylic acids is 1. The van der Waals surface area contributed by atoms with E-state index in [1.165, 1.54) is 0 Å². The fourth-order valence-corrected chi connectivity index (χ4v) is 2.19. The number of anilines is 1. The summed E-state index contributed by atoms with van der Waals surface area (Å²) < 4.78 is 0.870. The Hall–Kier alpha value is -1.61. The van der Waals surface area contributed by atoms with Crippen molar-refractivity contribution >= 4 is 57.5 Å². The first-order valence-electron chi connectivity index (χ1n) is 6.81. The zero-order valence-electron chi connectivity index (χ0n) is 12.3. The second kappa shape index (κ2) is 10.2. The SMILES string of the molecule is I.NC(=NCCNC(=O)c1cccc(Br)c1)Nc1ccccc1. The lowest BCUT2D eigenvalue weighted by Gasteiger charge is -2.06. The van der Waals surface area contributed by atoms with Crippen molar-refractivity contribution in [1.82, 2.24) is 5.32 Å². The average Bonchev–Trinajstić information content (AvgIpc) is 2.52. The fourth-order valence-electron chi connectivity index (χ4n) is 1.79. The Balaban J connectivity index is 0.00000264. The van der Waals surface area contributed by atoms with Crippen LogP contribution < -0.4 is 16.4 Å². The lowest BCUT2D eigenvalue weighted by molar-refractivity contribution is 0.0954. The highest BCUT2D eigenvalue weighted by atomic mass is 127. The molecule has 0 saturated carbocycles. The predicted molar refractivity (Wildman–Crippen MR) is 108 cm³/mol. The Bertz CT molecular complexity index is 664. The van der Waals surface area contributed by atoms with Crippen LogP contribution in [0.25, 0.3) is 0 Å². The molecule has 2 aromatic rings. The normalized spacial score (nSPS) is 10.6. The first-order valence-corrected chi connectivity index (χ1v) is 7.60. The van der Waals surface area contributed by atoms with Crippen LogP contribution in [0.4, 0.5) is 5.69 Å². The predicted octanol–water partition coefficient (Wildman–Crippen LogP) is 3.22. The Morgan fingerprint density at radius 1 is 1.13 bits per heavy atom.